The van der Waals surface area contributed by atoms with E-state index in [0.717, 1.165) is 17.9 Å². The van der Waals surface area contributed by atoms with E-state index >= 15 is 0 Å². The van der Waals surface area contributed by atoms with Gasteiger partial charge in [0.25, 0.3) is 0 Å². The van der Waals surface area contributed by atoms with Crippen LogP contribution < -0.4 is 4.90 Å². The predicted molar refractivity (Wildman–Crippen MR) is 73.8 cm³/mol. The van der Waals surface area contributed by atoms with E-state index in [0.29, 0.717) is 6.04 Å². The molecule has 18 heavy (non-hydrogen) atoms. The molecular weight excluding hydrogens is 226 g/mol. The second-order valence-corrected chi connectivity index (χ2v) is 5.28. The van der Waals surface area contributed by atoms with Crippen LogP contribution >= 0.6 is 0 Å². The number of nitrogens with zero attached hydrogens (tertiary/aromatic N) is 3. The van der Waals surface area contributed by atoms with Crippen molar-refractivity contribution in [1.82, 2.24) is 9.88 Å². The van der Waals surface area contributed by atoms with Gasteiger partial charge in [0.2, 0.25) is 0 Å². The zero-order valence-electron chi connectivity index (χ0n) is 11.5. The molecule has 2 heterocycles. The Morgan fingerprint density at radius 3 is 2.83 bits per heavy atom. The largest absolute Gasteiger partial charge is 0.389 e. The number of hydrogen-bond donors (Lipinski definition) is 1. The lowest BCUT2D eigenvalue weighted by Crippen LogP contribution is -2.36. The molecular formula is C14H23N3O. The van der Waals surface area contributed by atoms with Crippen LogP contribution in [0.5, 0.6) is 0 Å². The molecule has 100 valence electrons. The summed E-state index contributed by atoms with van der Waals surface area (Å²) >= 11 is 0. The fourth-order valence-corrected chi connectivity index (χ4v) is 2.49. The number of aliphatic hydroxyl groups is 1. The summed E-state index contributed by atoms with van der Waals surface area (Å²) in [4.78, 5) is 9.02. The molecule has 0 amide bonds. The summed E-state index contributed by atoms with van der Waals surface area (Å²) in [5.41, 5.74) is 0.866. The van der Waals surface area contributed by atoms with E-state index in [4.69, 9.17) is 0 Å². The Labute approximate surface area is 109 Å². The number of aliphatic hydroxyl groups excluding tert-OH is 1. The van der Waals surface area contributed by atoms with Crippen molar-refractivity contribution in [3.8, 4) is 0 Å². The maximum Gasteiger partial charge on any atom is 0.128 e. The standard InChI is InChI=1S/C14H23N3O/c1-11(18)12-6-7-14(15-9-12)17(3)10-13-5-4-8-16(13)2/h6-7,9,11,13,18H,4-5,8,10H2,1-3H3/t11-,13?/m1/s1. The Morgan fingerprint density at radius 2 is 2.33 bits per heavy atom. The van der Waals surface area contributed by atoms with Gasteiger partial charge < -0.3 is 14.9 Å². The van der Waals surface area contributed by atoms with E-state index in [1.165, 1.54) is 19.4 Å². The van der Waals surface area contributed by atoms with Gasteiger partial charge in [-0.1, -0.05) is 6.07 Å². The molecule has 1 unspecified atom stereocenters. The van der Waals surface area contributed by atoms with Crippen molar-refractivity contribution in [3.63, 3.8) is 0 Å². The van der Waals surface area contributed by atoms with Crippen LogP contribution in [-0.4, -0.2) is 48.2 Å². The number of likely N-dealkylation sites (tertiary alicyclic amines) is 1. The van der Waals surface area contributed by atoms with E-state index in [1.807, 2.05) is 12.1 Å². The van der Waals surface area contributed by atoms with Crippen molar-refractivity contribution >= 4 is 5.82 Å². The highest BCUT2D eigenvalue weighted by molar-refractivity contribution is 5.38. The second-order valence-electron chi connectivity index (χ2n) is 5.28. The van der Waals surface area contributed by atoms with E-state index in [1.54, 1.807) is 13.1 Å². The average Bonchev–Trinajstić information content (AvgIpc) is 2.75. The summed E-state index contributed by atoms with van der Waals surface area (Å²) in [6.07, 6.45) is 3.88. The summed E-state index contributed by atoms with van der Waals surface area (Å²) in [5, 5.41) is 9.46. The molecule has 0 saturated carbocycles. The van der Waals surface area contributed by atoms with Crippen molar-refractivity contribution < 1.29 is 5.11 Å². The summed E-state index contributed by atoms with van der Waals surface area (Å²) in [6.45, 7) is 3.97. The molecule has 0 aromatic carbocycles. The minimum atomic E-state index is -0.446. The highest BCUT2D eigenvalue weighted by atomic mass is 16.3. The summed E-state index contributed by atoms with van der Waals surface area (Å²) < 4.78 is 0. The van der Waals surface area contributed by atoms with Crippen LogP contribution in [0.15, 0.2) is 18.3 Å². The van der Waals surface area contributed by atoms with Crippen molar-refractivity contribution in [2.75, 3.05) is 32.1 Å². The van der Waals surface area contributed by atoms with Gasteiger partial charge in [-0.25, -0.2) is 4.98 Å². The summed E-state index contributed by atoms with van der Waals surface area (Å²) in [5.74, 6) is 0.972. The fourth-order valence-electron chi connectivity index (χ4n) is 2.49. The molecule has 0 bridgehead atoms. The van der Waals surface area contributed by atoms with E-state index in [-0.39, 0.29) is 0 Å². The van der Waals surface area contributed by atoms with E-state index in [9.17, 15) is 5.11 Å². The maximum absolute atomic E-state index is 9.46. The molecule has 0 radical (unpaired) electrons. The minimum Gasteiger partial charge on any atom is -0.389 e. The van der Waals surface area contributed by atoms with Crippen molar-refractivity contribution in [3.05, 3.63) is 23.9 Å². The van der Waals surface area contributed by atoms with Crippen molar-refractivity contribution in [2.24, 2.45) is 0 Å². The molecule has 0 spiro atoms. The first-order chi connectivity index (χ1) is 8.58. The topological polar surface area (TPSA) is 39.6 Å². The first-order valence-electron chi connectivity index (χ1n) is 6.63. The minimum absolute atomic E-state index is 0.446. The SMILES string of the molecule is C[C@@H](O)c1ccc(N(C)CC2CCCN2C)nc1. The Hall–Kier alpha value is -1.13. The van der Waals surface area contributed by atoms with Crippen LogP contribution in [-0.2, 0) is 0 Å². The monoisotopic (exact) mass is 249 g/mol. The molecule has 2 rings (SSSR count). The van der Waals surface area contributed by atoms with Gasteiger partial charge in [0, 0.05) is 25.8 Å². The molecule has 0 aliphatic carbocycles. The zero-order valence-corrected chi connectivity index (χ0v) is 11.5. The number of rotatable bonds is 4. The number of pyridine rings is 1. The number of hydrogen-bond acceptors (Lipinski definition) is 4. The summed E-state index contributed by atoms with van der Waals surface area (Å²) in [6, 6.07) is 4.56. The van der Waals surface area contributed by atoms with Crippen LogP contribution in [0.25, 0.3) is 0 Å². The van der Waals surface area contributed by atoms with Gasteiger partial charge in [-0.3, -0.25) is 0 Å². The fraction of sp³-hybridized carbons (Fsp3) is 0.643. The van der Waals surface area contributed by atoms with Gasteiger partial charge in [0.15, 0.2) is 0 Å². The number of anilines is 1. The summed E-state index contributed by atoms with van der Waals surface area (Å²) in [7, 11) is 4.27. The van der Waals surface area contributed by atoms with Crippen molar-refractivity contribution in [1.29, 1.82) is 0 Å². The molecule has 1 aliphatic heterocycles. The van der Waals surface area contributed by atoms with Crippen LogP contribution in [0.1, 0.15) is 31.4 Å². The van der Waals surface area contributed by atoms with Crippen molar-refractivity contribution in [2.45, 2.75) is 31.9 Å². The van der Waals surface area contributed by atoms with Crippen LogP contribution in [0.3, 0.4) is 0 Å². The lowest BCUT2D eigenvalue weighted by atomic mass is 10.2. The van der Waals surface area contributed by atoms with Gasteiger partial charge in [-0.05, 0) is 45.0 Å². The van der Waals surface area contributed by atoms with Gasteiger partial charge in [0.05, 0.1) is 6.10 Å². The first kappa shape index (κ1) is 13.3. The average molecular weight is 249 g/mol. The van der Waals surface area contributed by atoms with Crippen LogP contribution in [0.4, 0.5) is 5.82 Å². The molecule has 1 N–H and O–H groups in total. The molecule has 1 aliphatic rings. The highest BCUT2D eigenvalue weighted by Crippen LogP contribution is 2.19. The highest BCUT2D eigenvalue weighted by Gasteiger charge is 2.22. The van der Waals surface area contributed by atoms with Gasteiger partial charge >= 0.3 is 0 Å². The number of aromatic nitrogens is 1. The number of likely N-dealkylation sites (N-methyl/N-ethyl adjacent to an activating group) is 2. The molecule has 1 fully saturated rings. The van der Waals surface area contributed by atoms with Gasteiger partial charge in [-0.2, -0.15) is 0 Å². The Morgan fingerprint density at radius 1 is 1.56 bits per heavy atom. The quantitative estimate of drug-likeness (QED) is 0.881. The molecule has 1 aromatic rings. The Balaban J connectivity index is 1.98. The van der Waals surface area contributed by atoms with Gasteiger partial charge in [-0.15, -0.1) is 0 Å². The third kappa shape index (κ3) is 3.00. The first-order valence-corrected chi connectivity index (χ1v) is 6.63. The smallest absolute Gasteiger partial charge is 0.128 e. The maximum atomic E-state index is 9.46. The lowest BCUT2D eigenvalue weighted by molar-refractivity contribution is 0.199. The van der Waals surface area contributed by atoms with Crippen LogP contribution in [0, 0.1) is 0 Å². The normalized spacial score (nSPS) is 22.1. The second kappa shape index (κ2) is 5.67. The predicted octanol–water partition coefficient (Wildman–Crippen LogP) is 1.67. The van der Waals surface area contributed by atoms with E-state index in [2.05, 4.69) is 28.9 Å². The Kier molecular flexibility index (Phi) is 4.19. The molecule has 2 atom stereocenters. The molecule has 1 saturated heterocycles. The third-order valence-electron chi connectivity index (χ3n) is 3.80. The van der Waals surface area contributed by atoms with Gasteiger partial charge in [0.1, 0.15) is 5.82 Å². The molecule has 4 heteroatoms. The third-order valence-corrected chi connectivity index (χ3v) is 3.80. The molecule has 4 nitrogen and oxygen atoms in total. The lowest BCUT2D eigenvalue weighted by Gasteiger charge is -2.26. The molecule has 1 aromatic heterocycles. The zero-order chi connectivity index (χ0) is 13.1. The van der Waals surface area contributed by atoms with E-state index < -0.39 is 6.10 Å². The Bertz CT molecular complexity index is 377. The van der Waals surface area contributed by atoms with Crippen LogP contribution in [0.2, 0.25) is 0 Å².